The predicted molar refractivity (Wildman–Crippen MR) is 194 cm³/mol. The van der Waals surface area contributed by atoms with Crippen molar-refractivity contribution in [2.75, 3.05) is 40.7 Å². The molecule has 5 atom stereocenters. The van der Waals surface area contributed by atoms with Gasteiger partial charge in [-0.1, -0.05) is 33.8 Å². The molecule has 15 heteroatoms. The van der Waals surface area contributed by atoms with Gasteiger partial charge in [-0.3, -0.25) is 24.2 Å². The smallest absolute Gasteiger partial charge is 0.414 e. The molecule has 0 bridgehead atoms. The number of ether oxygens (including phenoxy) is 5. The molecular formula is C38H59N3O12. The van der Waals surface area contributed by atoms with Crippen molar-refractivity contribution >= 4 is 30.2 Å². The van der Waals surface area contributed by atoms with E-state index < -0.39 is 47.7 Å². The van der Waals surface area contributed by atoms with Crippen LogP contribution in [-0.4, -0.2) is 94.2 Å². The quantitative estimate of drug-likeness (QED) is 0.0402. The van der Waals surface area contributed by atoms with Crippen molar-refractivity contribution < 1.29 is 57.4 Å². The van der Waals surface area contributed by atoms with Crippen molar-refractivity contribution in [1.29, 1.82) is 0 Å². The summed E-state index contributed by atoms with van der Waals surface area (Å²) in [6.45, 7) is 13.8. The van der Waals surface area contributed by atoms with Gasteiger partial charge >= 0.3 is 12.1 Å². The lowest BCUT2D eigenvalue weighted by molar-refractivity contribution is -0.333. The van der Waals surface area contributed by atoms with E-state index in [0.29, 0.717) is 43.8 Å². The van der Waals surface area contributed by atoms with Crippen LogP contribution in [0.2, 0.25) is 0 Å². The maximum absolute atomic E-state index is 13.6. The van der Waals surface area contributed by atoms with Crippen LogP contribution in [0.1, 0.15) is 73.3 Å². The molecule has 298 valence electrons. The third kappa shape index (κ3) is 14.6. The molecule has 3 N–H and O–H groups in total. The summed E-state index contributed by atoms with van der Waals surface area (Å²) in [6, 6.07) is 5.31. The zero-order valence-corrected chi connectivity index (χ0v) is 32.6. The molecule has 1 fully saturated rings. The molecular weight excluding hydrogens is 690 g/mol. The molecule has 1 aromatic rings. The van der Waals surface area contributed by atoms with Crippen LogP contribution in [-0.2, 0) is 49.6 Å². The summed E-state index contributed by atoms with van der Waals surface area (Å²) in [5.74, 6) is -0.903. The Labute approximate surface area is 313 Å². The highest BCUT2D eigenvalue weighted by Gasteiger charge is 2.43. The number of hydrogen-bond acceptors (Lipinski definition) is 12. The number of hydrogen-bond donors (Lipinski definition) is 2. The van der Waals surface area contributed by atoms with Crippen molar-refractivity contribution in [3.05, 3.63) is 35.9 Å². The molecule has 15 nitrogen and oxygen atoms in total. The van der Waals surface area contributed by atoms with Crippen LogP contribution in [0, 0.1) is 29.1 Å². The molecule has 1 aromatic carbocycles. The van der Waals surface area contributed by atoms with Crippen LogP contribution in [0.4, 0.5) is 4.79 Å². The number of benzene rings is 1. The lowest BCUT2D eigenvalue weighted by atomic mass is 9.80. The number of allylic oxidation sites excluding steroid dienone is 1. The number of nitrogens with one attached hydrogen (secondary N) is 1. The van der Waals surface area contributed by atoms with Crippen LogP contribution in [0.5, 0.6) is 11.5 Å². The van der Waals surface area contributed by atoms with Gasteiger partial charge < -0.3 is 34.7 Å². The molecule has 2 rings (SSSR count). The fourth-order valence-electron chi connectivity index (χ4n) is 5.77. The second-order valence-corrected chi connectivity index (χ2v) is 14.5. The highest BCUT2D eigenvalue weighted by Crippen LogP contribution is 2.36. The van der Waals surface area contributed by atoms with Crippen LogP contribution in [0.25, 0.3) is 0 Å². The van der Waals surface area contributed by atoms with Gasteiger partial charge in [0, 0.05) is 45.6 Å². The molecule has 53 heavy (non-hydrogen) atoms. The number of carbonyl (C=O) groups excluding carboxylic acids is 5. The molecule has 1 unspecified atom stereocenters. The van der Waals surface area contributed by atoms with Gasteiger partial charge in [0.2, 0.25) is 18.1 Å². The van der Waals surface area contributed by atoms with E-state index in [1.165, 1.54) is 11.8 Å². The lowest BCUT2D eigenvalue weighted by Gasteiger charge is -2.33. The van der Waals surface area contributed by atoms with Crippen molar-refractivity contribution in [3.63, 3.8) is 0 Å². The molecule has 0 spiro atoms. The molecule has 0 radical (unpaired) electrons. The van der Waals surface area contributed by atoms with Gasteiger partial charge in [-0.05, 0) is 74.6 Å². The zero-order chi connectivity index (χ0) is 39.7. The van der Waals surface area contributed by atoms with Crippen LogP contribution in [0.3, 0.4) is 0 Å². The number of nitrogens with zero attached hydrogens (tertiary/aromatic N) is 1. The minimum absolute atomic E-state index is 0.0381. The molecule has 0 aromatic heterocycles. The average molecular weight is 750 g/mol. The minimum atomic E-state index is -1.29. The number of methoxy groups -OCH3 is 2. The van der Waals surface area contributed by atoms with E-state index in [1.54, 1.807) is 28.1 Å². The van der Waals surface area contributed by atoms with Crippen LogP contribution < -0.4 is 20.5 Å². The number of amides is 3. The Hall–Kier alpha value is -4.21. The van der Waals surface area contributed by atoms with E-state index in [4.69, 9.17) is 34.3 Å². The Balaban J connectivity index is 2.36. The third-order valence-corrected chi connectivity index (χ3v) is 9.30. The molecule has 0 aliphatic carbocycles. The van der Waals surface area contributed by atoms with Gasteiger partial charge in [-0.2, -0.15) is 0 Å². The summed E-state index contributed by atoms with van der Waals surface area (Å²) >= 11 is 0. The maximum Gasteiger partial charge on any atom is 0.414 e. The normalized spacial score (nSPS) is 17.8. The highest BCUT2D eigenvalue weighted by molar-refractivity contribution is 5.86. The van der Waals surface area contributed by atoms with Crippen LogP contribution in [0.15, 0.2) is 30.4 Å². The van der Waals surface area contributed by atoms with Gasteiger partial charge in [-0.25, -0.2) is 9.59 Å². The highest BCUT2D eigenvalue weighted by atomic mass is 17.2. The van der Waals surface area contributed by atoms with E-state index in [1.807, 2.05) is 32.0 Å². The Kier molecular flexibility index (Phi) is 18.8. The maximum atomic E-state index is 13.6. The second-order valence-electron chi connectivity index (χ2n) is 14.5. The standard InChI is InChI=1S/C38H59N3O12/c1-24(2)28(18-27-13-14-31(48-9)33(19-27)49-17-11-16-47-8)20-30-32(21-29(25(3)4)35(44)40-22-38(6,7)36(39)45)50-23-41(30)37(46)51-26(5)52-53-34(43)12-10-15-42/h10,12-15,19,24-26,28-30,32H,11,16-18,20-23H2,1-9H3,(H2,39,45)(H,40,44)/t26?,28-,29-,30-,32-/m0/s1. The Bertz CT molecular complexity index is 1380. The van der Waals surface area contributed by atoms with Gasteiger partial charge in [0.15, 0.2) is 11.5 Å². The van der Waals surface area contributed by atoms with E-state index in [9.17, 15) is 24.0 Å². The topological polar surface area (TPSA) is 191 Å². The Morgan fingerprint density at radius 2 is 1.75 bits per heavy atom. The van der Waals surface area contributed by atoms with Gasteiger partial charge in [-0.15, -0.1) is 4.89 Å². The zero-order valence-electron chi connectivity index (χ0n) is 32.6. The average Bonchev–Trinajstić information content (AvgIpc) is 3.51. The van der Waals surface area contributed by atoms with E-state index in [0.717, 1.165) is 24.1 Å². The Morgan fingerprint density at radius 3 is 2.36 bits per heavy atom. The fourth-order valence-corrected chi connectivity index (χ4v) is 5.77. The fraction of sp³-hybridized carbons (Fsp3) is 0.658. The second kappa shape index (κ2) is 22.1. The molecule has 1 aliphatic rings. The number of carbonyl (C=O) groups is 5. The van der Waals surface area contributed by atoms with Crippen molar-refractivity contribution in [1.82, 2.24) is 10.2 Å². The van der Waals surface area contributed by atoms with Crippen LogP contribution >= 0.6 is 0 Å². The number of nitrogens with two attached hydrogens (primary N) is 1. The summed E-state index contributed by atoms with van der Waals surface area (Å²) in [5.41, 5.74) is 5.60. The summed E-state index contributed by atoms with van der Waals surface area (Å²) in [7, 11) is 3.23. The third-order valence-electron chi connectivity index (χ3n) is 9.30. The first-order chi connectivity index (χ1) is 25.0. The van der Waals surface area contributed by atoms with E-state index in [2.05, 4.69) is 24.1 Å². The first-order valence-corrected chi connectivity index (χ1v) is 18.0. The van der Waals surface area contributed by atoms with Gasteiger partial charge in [0.1, 0.15) is 13.0 Å². The monoisotopic (exact) mass is 749 g/mol. The molecule has 3 amide bonds. The Morgan fingerprint density at radius 1 is 1.04 bits per heavy atom. The van der Waals surface area contributed by atoms with E-state index in [-0.39, 0.29) is 43.4 Å². The number of primary amides is 1. The predicted octanol–water partition coefficient (Wildman–Crippen LogP) is 4.34. The minimum Gasteiger partial charge on any atom is -0.493 e. The largest absolute Gasteiger partial charge is 0.493 e. The summed E-state index contributed by atoms with van der Waals surface area (Å²) in [4.78, 5) is 72.2. The number of aldehydes is 1. The summed E-state index contributed by atoms with van der Waals surface area (Å²) in [6.07, 6.45) is 1.73. The molecule has 0 saturated carbocycles. The van der Waals surface area contributed by atoms with Crippen molar-refractivity contribution in [3.8, 4) is 11.5 Å². The van der Waals surface area contributed by atoms with Crippen molar-refractivity contribution in [2.45, 2.75) is 92.6 Å². The van der Waals surface area contributed by atoms with E-state index >= 15 is 0 Å². The first kappa shape index (κ1) is 44.9. The molecule has 1 heterocycles. The van der Waals surface area contributed by atoms with Gasteiger partial charge in [0.05, 0.1) is 31.3 Å². The summed E-state index contributed by atoms with van der Waals surface area (Å²) < 4.78 is 28.4. The molecule has 1 saturated heterocycles. The number of rotatable bonds is 23. The SMILES string of the molecule is COCCCOc1cc(C[C@@H](C[C@H]2[C@H](C[C@H](C(=O)NCC(C)(C)C(N)=O)C(C)C)OCN2C(=O)OC(C)OOC(=O)C=CC=O)C(C)C)ccc1OC. The lowest BCUT2D eigenvalue weighted by Crippen LogP contribution is -2.47. The summed E-state index contributed by atoms with van der Waals surface area (Å²) in [5, 5.41) is 2.89. The van der Waals surface area contributed by atoms with Gasteiger partial charge in [0.25, 0.3) is 0 Å². The van der Waals surface area contributed by atoms with Crippen molar-refractivity contribution in [2.24, 2.45) is 34.8 Å². The first-order valence-electron chi connectivity index (χ1n) is 18.0. The molecule has 1 aliphatic heterocycles.